The van der Waals surface area contributed by atoms with Crippen molar-refractivity contribution in [2.75, 3.05) is 32.9 Å². The molecule has 0 radical (unpaired) electrons. The number of hydrogen-bond donors (Lipinski definition) is 1. The summed E-state index contributed by atoms with van der Waals surface area (Å²) in [4.78, 5) is 14.9. The van der Waals surface area contributed by atoms with E-state index >= 15 is 0 Å². The molecule has 0 spiro atoms. The Hall–Kier alpha value is -2.75. The Balaban J connectivity index is 1.85. The molecular formula is C22H23FN2O5S. The molecule has 164 valence electrons. The summed E-state index contributed by atoms with van der Waals surface area (Å²) in [5.74, 6) is -0.157. The molecule has 0 saturated carbocycles. The fourth-order valence-corrected chi connectivity index (χ4v) is 4.46. The van der Waals surface area contributed by atoms with E-state index in [1.54, 1.807) is 4.90 Å². The predicted octanol–water partition coefficient (Wildman–Crippen LogP) is 2.28. The molecule has 1 unspecified atom stereocenters. The number of amides is 1. The molecule has 1 saturated heterocycles. The topological polar surface area (TPSA) is 88.8 Å². The van der Waals surface area contributed by atoms with Gasteiger partial charge in [-0.25, -0.2) is 0 Å². The first kappa shape index (κ1) is 21.5. The van der Waals surface area contributed by atoms with Crippen molar-refractivity contribution in [1.82, 2.24) is 9.47 Å². The van der Waals surface area contributed by atoms with E-state index in [2.05, 4.69) is 0 Å². The van der Waals surface area contributed by atoms with E-state index in [1.165, 1.54) is 24.3 Å². The van der Waals surface area contributed by atoms with Crippen LogP contribution in [0.25, 0.3) is 10.9 Å². The minimum atomic E-state index is -4.83. The normalized spacial score (nSPS) is 15.9. The maximum Gasteiger partial charge on any atom is 0.332 e. The number of benzene rings is 2. The second-order valence-electron chi connectivity index (χ2n) is 7.40. The summed E-state index contributed by atoms with van der Waals surface area (Å²) < 4.78 is 43.0. The van der Waals surface area contributed by atoms with Crippen LogP contribution < -0.4 is 0 Å². The highest BCUT2D eigenvalue weighted by Gasteiger charge is 2.30. The average molecular weight is 447 g/mol. The predicted molar refractivity (Wildman–Crippen MR) is 113 cm³/mol. The van der Waals surface area contributed by atoms with Gasteiger partial charge in [0.2, 0.25) is 5.91 Å². The minimum Gasteiger partial charge on any atom is -0.396 e. The van der Waals surface area contributed by atoms with Crippen LogP contribution in [-0.4, -0.2) is 61.8 Å². The minimum absolute atomic E-state index is 0.0286. The molecule has 1 aliphatic heterocycles. The Kier molecular flexibility index (Phi) is 6.08. The summed E-state index contributed by atoms with van der Waals surface area (Å²) in [6.07, 6.45) is 2.29. The van der Waals surface area contributed by atoms with Gasteiger partial charge in [-0.05, 0) is 35.7 Å². The van der Waals surface area contributed by atoms with Gasteiger partial charge in [-0.1, -0.05) is 30.3 Å². The van der Waals surface area contributed by atoms with Gasteiger partial charge in [0.15, 0.2) is 0 Å². The average Bonchev–Trinajstić information content (AvgIpc) is 3.13. The monoisotopic (exact) mass is 446 g/mol. The number of rotatable bonds is 6. The molecule has 1 fully saturated rings. The third-order valence-electron chi connectivity index (χ3n) is 5.52. The van der Waals surface area contributed by atoms with E-state index in [1.807, 2.05) is 35.0 Å². The number of aliphatic hydroxyl groups is 1. The fourth-order valence-electron chi connectivity index (χ4n) is 4.00. The lowest BCUT2D eigenvalue weighted by atomic mass is 10.0. The van der Waals surface area contributed by atoms with Crippen molar-refractivity contribution in [2.45, 2.75) is 17.4 Å². The van der Waals surface area contributed by atoms with Crippen LogP contribution in [-0.2, 0) is 26.2 Å². The number of para-hydroxylation sites is 1. The summed E-state index contributed by atoms with van der Waals surface area (Å²) in [6, 6.07) is 12.1. The standard InChI is InChI=1S/C22H23FN2O5S/c23-31(28,29)18-7-5-16(6-8-18)21(22(27)24-10-13-30-14-11-24)25-15-17(9-12-26)19-3-1-2-4-20(19)25/h1-8,15,21,26H,9-14H2. The molecule has 2 aromatic carbocycles. The van der Waals surface area contributed by atoms with Gasteiger partial charge in [0.1, 0.15) is 6.04 Å². The third-order valence-corrected chi connectivity index (χ3v) is 6.35. The second kappa shape index (κ2) is 8.78. The third kappa shape index (κ3) is 4.34. The summed E-state index contributed by atoms with van der Waals surface area (Å²) in [5, 5.41) is 10.4. The number of ether oxygens (including phenoxy) is 1. The van der Waals surface area contributed by atoms with Crippen molar-refractivity contribution in [3.8, 4) is 0 Å². The molecule has 9 heteroatoms. The fraction of sp³-hybridized carbons (Fsp3) is 0.318. The summed E-state index contributed by atoms with van der Waals surface area (Å²) in [5.41, 5.74) is 2.26. The van der Waals surface area contributed by atoms with Gasteiger partial charge in [0.05, 0.1) is 18.1 Å². The van der Waals surface area contributed by atoms with Gasteiger partial charge in [-0.2, -0.15) is 8.42 Å². The first-order valence-corrected chi connectivity index (χ1v) is 11.4. The van der Waals surface area contributed by atoms with Gasteiger partial charge >= 0.3 is 10.2 Å². The highest BCUT2D eigenvalue weighted by atomic mass is 32.3. The number of aromatic nitrogens is 1. The molecule has 1 amide bonds. The molecular weight excluding hydrogens is 423 g/mol. The number of halogens is 1. The largest absolute Gasteiger partial charge is 0.396 e. The molecule has 1 atom stereocenters. The zero-order chi connectivity index (χ0) is 22.0. The van der Waals surface area contributed by atoms with Crippen molar-refractivity contribution >= 4 is 27.0 Å². The molecule has 2 heterocycles. The molecule has 31 heavy (non-hydrogen) atoms. The number of nitrogens with zero attached hydrogens (tertiary/aromatic N) is 2. The smallest absolute Gasteiger partial charge is 0.332 e. The first-order chi connectivity index (χ1) is 14.9. The van der Waals surface area contributed by atoms with Crippen LogP contribution >= 0.6 is 0 Å². The molecule has 4 rings (SSSR count). The second-order valence-corrected chi connectivity index (χ2v) is 8.75. The zero-order valence-corrected chi connectivity index (χ0v) is 17.6. The number of aliphatic hydroxyl groups excluding tert-OH is 1. The number of carbonyl (C=O) groups excluding carboxylic acids is 1. The highest BCUT2D eigenvalue weighted by Crippen LogP contribution is 2.31. The molecule has 7 nitrogen and oxygen atoms in total. The maximum atomic E-state index is 13.6. The highest BCUT2D eigenvalue weighted by molar-refractivity contribution is 7.86. The Bertz CT molecular complexity index is 1180. The SMILES string of the molecule is O=C(C(c1ccc(S(=O)(=O)F)cc1)n1cc(CCO)c2ccccc21)N1CCOCC1. The van der Waals surface area contributed by atoms with Crippen LogP contribution in [0.15, 0.2) is 59.6 Å². The molecule has 0 bridgehead atoms. The Morgan fingerprint density at radius 3 is 2.42 bits per heavy atom. The van der Waals surface area contributed by atoms with Gasteiger partial charge in [-0.15, -0.1) is 3.89 Å². The van der Waals surface area contributed by atoms with Crippen molar-refractivity contribution in [3.63, 3.8) is 0 Å². The molecule has 1 N–H and O–H groups in total. The van der Waals surface area contributed by atoms with Gasteiger partial charge in [0.25, 0.3) is 0 Å². The number of hydrogen-bond acceptors (Lipinski definition) is 5. The van der Waals surface area contributed by atoms with E-state index in [-0.39, 0.29) is 12.5 Å². The van der Waals surface area contributed by atoms with Crippen LogP contribution in [0.4, 0.5) is 3.89 Å². The quantitative estimate of drug-likeness (QED) is 0.587. The molecule has 3 aromatic rings. The van der Waals surface area contributed by atoms with Crippen LogP contribution in [0.3, 0.4) is 0 Å². The van der Waals surface area contributed by atoms with Crippen molar-refractivity contribution in [1.29, 1.82) is 0 Å². The van der Waals surface area contributed by atoms with E-state index < -0.39 is 21.2 Å². The lowest BCUT2D eigenvalue weighted by molar-refractivity contribution is -0.137. The Morgan fingerprint density at radius 2 is 1.77 bits per heavy atom. The van der Waals surface area contributed by atoms with E-state index in [9.17, 15) is 22.2 Å². The lowest BCUT2D eigenvalue weighted by Crippen LogP contribution is -2.44. The zero-order valence-electron chi connectivity index (χ0n) is 16.8. The first-order valence-electron chi connectivity index (χ1n) is 10.0. The Morgan fingerprint density at radius 1 is 1.10 bits per heavy atom. The van der Waals surface area contributed by atoms with Gasteiger partial charge in [0, 0.05) is 36.8 Å². The summed E-state index contributed by atoms with van der Waals surface area (Å²) in [6.45, 7) is 1.77. The number of fused-ring (bicyclic) bond motifs is 1. The molecule has 1 aromatic heterocycles. The lowest BCUT2D eigenvalue weighted by Gasteiger charge is -2.31. The summed E-state index contributed by atoms with van der Waals surface area (Å²) in [7, 11) is -4.83. The number of carbonyl (C=O) groups is 1. The van der Waals surface area contributed by atoms with Crippen LogP contribution in [0.2, 0.25) is 0 Å². The van der Waals surface area contributed by atoms with E-state index in [4.69, 9.17) is 4.74 Å². The molecule has 0 aliphatic carbocycles. The Labute approximate surface area is 179 Å². The number of morpholine rings is 1. The molecule has 1 aliphatic rings. The van der Waals surface area contributed by atoms with E-state index in [0.717, 1.165) is 16.5 Å². The van der Waals surface area contributed by atoms with Crippen LogP contribution in [0.5, 0.6) is 0 Å². The van der Waals surface area contributed by atoms with Gasteiger partial charge in [-0.3, -0.25) is 4.79 Å². The van der Waals surface area contributed by atoms with Crippen LogP contribution in [0, 0.1) is 0 Å². The van der Waals surface area contributed by atoms with E-state index in [0.29, 0.717) is 38.3 Å². The maximum absolute atomic E-state index is 13.6. The van der Waals surface area contributed by atoms with Gasteiger partial charge < -0.3 is 19.3 Å². The van der Waals surface area contributed by atoms with Crippen molar-refractivity contribution in [3.05, 3.63) is 65.9 Å². The van der Waals surface area contributed by atoms with Crippen molar-refractivity contribution in [2.24, 2.45) is 0 Å². The summed E-state index contributed by atoms with van der Waals surface area (Å²) >= 11 is 0. The van der Waals surface area contributed by atoms with Crippen molar-refractivity contribution < 1.29 is 26.9 Å². The van der Waals surface area contributed by atoms with Crippen LogP contribution in [0.1, 0.15) is 17.2 Å².